The molecule has 0 aromatic heterocycles. The number of piperidine rings is 1. The zero-order valence-electron chi connectivity index (χ0n) is 20.3. The topological polar surface area (TPSA) is 36.0 Å². The van der Waals surface area contributed by atoms with E-state index in [4.69, 9.17) is 4.74 Å². The van der Waals surface area contributed by atoms with E-state index >= 15 is 0 Å². The van der Waals surface area contributed by atoms with Crippen LogP contribution in [-0.4, -0.2) is 68.6 Å². The maximum atomic E-state index is 12.8. The fourth-order valence-corrected chi connectivity index (χ4v) is 4.28. The molecule has 0 saturated carbocycles. The highest BCUT2D eigenvalue weighted by atomic mass is 16.5. The van der Waals surface area contributed by atoms with Crippen LogP contribution in [0.1, 0.15) is 48.5 Å². The third kappa shape index (κ3) is 7.64. The van der Waals surface area contributed by atoms with Gasteiger partial charge in [-0.15, -0.1) is 0 Å². The fourth-order valence-electron chi connectivity index (χ4n) is 4.28. The fraction of sp³-hybridized carbons (Fsp3) is 0.464. The van der Waals surface area contributed by atoms with E-state index < -0.39 is 0 Å². The maximum absolute atomic E-state index is 12.8. The van der Waals surface area contributed by atoms with Crippen LogP contribution in [0.2, 0.25) is 0 Å². The number of ether oxygens (including phenoxy) is 1. The Kier molecular flexibility index (Phi) is 9.82. The van der Waals surface area contributed by atoms with Gasteiger partial charge in [-0.25, -0.2) is 0 Å². The van der Waals surface area contributed by atoms with Gasteiger partial charge in [0.1, 0.15) is 5.75 Å². The van der Waals surface area contributed by atoms with E-state index in [1.807, 2.05) is 31.3 Å². The number of carbonyl (C=O) groups excluding carboxylic acids is 1. The highest BCUT2D eigenvalue weighted by molar-refractivity contribution is 5.94. The molecule has 0 bridgehead atoms. The molecule has 3 rings (SSSR count). The van der Waals surface area contributed by atoms with Gasteiger partial charge in [-0.3, -0.25) is 4.79 Å². The molecular formula is C28H39N3O2. The predicted octanol–water partition coefficient (Wildman–Crippen LogP) is 5.18. The minimum absolute atomic E-state index is 0.0306. The van der Waals surface area contributed by atoms with Gasteiger partial charge < -0.3 is 19.4 Å². The second kappa shape index (κ2) is 13.0. The van der Waals surface area contributed by atoms with Gasteiger partial charge in [0.2, 0.25) is 0 Å². The van der Waals surface area contributed by atoms with Crippen LogP contribution >= 0.6 is 0 Å². The highest BCUT2D eigenvalue weighted by Gasteiger charge is 2.14. The van der Waals surface area contributed by atoms with Crippen molar-refractivity contribution in [3.8, 4) is 5.75 Å². The SMILES string of the molecule is C=Cc1cccc(C(=O)N(C)CCN(CC)c2ccc(OCCCN3CCCCC3)cc2)c1. The third-order valence-electron chi connectivity index (χ3n) is 6.34. The summed E-state index contributed by atoms with van der Waals surface area (Å²) in [5.41, 5.74) is 2.80. The van der Waals surface area contributed by atoms with Gasteiger partial charge in [0.15, 0.2) is 0 Å². The molecule has 0 atom stereocenters. The van der Waals surface area contributed by atoms with E-state index in [-0.39, 0.29) is 5.91 Å². The van der Waals surface area contributed by atoms with Gasteiger partial charge in [-0.1, -0.05) is 31.2 Å². The zero-order valence-corrected chi connectivity index (χ0v) is 20.3. The van der Waals surface area contributed by atoms with Crippen molar-refractivity contribution in [2.45, 2.75) is 32.6 Å². The molecular weight excluding hydrogens is 410 g/mol. The molecule has 1 aliphatic heterocycles. The average molecular weight is 450 g/mol. The first kappa shape index (κ1) is 24.8. The van der Waals surface area contributed by atoms with Gasteiger partial charge >= 0.3 is 0 Å². The molecule has 0 unspecified atom stereocenters. The number of amides is 1. The van der Waals surface area contributed by atoms with Crippen molar-refractivity contribution in [3.63, 3.8) is 0 Å². The number of hydrogen-bond donors (Lipinski definition) is 0. The molecule has 0 radical (unpaired) electrons. The van der Waals surface area contributed by atoms with Gasteiger partial charge in [0.25, 0.3) is 5.91 Å². The number of benzene rings is 2. The van der Waals surface area contributed by atoms with Gasteiger partial charge in [-0.05, 0) is 81.2 Å². The Morgan fingerprint density at radius 1 is 1.09 bits per heavy atom. The number of carbonyl (C=O) groups is 1. The van der Waals surface area contributed by atoms with E-state index in [9.17, 15) is 4.79 Å². The molecule has 0 spiro atoms. The van der Waals surface area contributed by atoms with Crippen LogP contribution in [0.4, 0.5) is 5.69 Å². The van der Waals surface area contributed by atoms with Crippen LogP contribution in [0.5, 0.6) is 5.75 Å². The van der Waals surface area contributed by atoms with E-state index in [0.717, 1.165) is 49.7 Å². The van der Waals surface area contributed by atoms with E-state index in [2.05, 4.69) is 47.6 Å². The van der Waals surface area contributed by atoms with Crippen LogP contribution in [-0.2, 0) is 0 Å². The number of anilines is 1. The Labute approximate surface area is 199 Å². The first-order valence-electron chi connectivity index (χ1n) is 12.3. The van der Waals surface area contributed by atoms with Crippen LogP contribution in [0.25, 0.3) is 6.08 Å². The molecule has 1 saturated heterocycles. The highest BCUT2D eigenvalue weighted by Crippen LogP contribution is 2.20. The van der Waals surface area contributed by atoms with Crippen LogP contribution < -0.4 is 9.64 Å². The van der Waals surface area contributed by atoms with Gasteiger partial charge in [0, 0.05) is 44.5 Å². The summed E-state index contributed by atoms with van der Waals surface area (Å²) in [4.78, 5) is 19.4. The molecule has 5 nitrogen and oxygen atoms in total. The molecule has 2 aromatic rings. The molecule has 2 aromatic carbocycles. The van der Waals surface area contributed by atoms with E-state index in [1.165, 1.54) is 32.4 Å². The normalized spacial score (nSPS) is 14.0. The first-order chi connectivity index (χ1) is 16.1. The first-order valence-corrected chi connectivity index (χ1v) is 12.3. The Morgan fingerprint density at radius 3 is 2.55 bits per heavy atom. The summed E-state index contributed by atoms with van der Waals surface area (Å²) in [7, 11) is 1.86. The summed E-state index contributed by atoms with van der Waals surface area (Å²) in [6, 6.07) is 15.9. The molecule has 1 aliphatic rings. The lowest BCUT2D eigenvalue weighted by Crippen LogP contribution is -2.36. The Morgan fingerprint density at radius 2 is 1.85 bits per heavy atom. The van der Waals surface area contributed by atoms with E-state index in [1.54, 1.807) is 11.0 Å². The molecule has 178 valence electrons. The zero-order chi connectivity index (χ0) is 23.5. The summed E-state index contributed by atoms with van der Waals surface area (Å²) in [6.07, 6.45) is 6.88. The van der Waals surface area contributed by atoms with Crippen molar-refractivity contribution in [2.24, 2.45) is 0 Å². The molecule has 33 heavy (non-hydrogen) atoms. The maximum Gasteiger partial charge on any atom is 0.253 e. The average Bonchev–Trinajstić information content (AvgIpc) is 2.87. The Balaban J connectivity index is 1.44. The lowest BCUT2D eigenvalue weighted by Gasteiger charge is -2.27. The summed E-state index contributed by atoms with van der Waals surface area (Å²) < 4.78 is 5.96. The number of likely N-dealkylation sites (N-methyl/N-ethyl adjacent to an activating group) is 2. The summed E-state index contributed by atoms with van der Waals surface area (Å²) >= 11 is 0. The van der Waals surface area contributed by atoms with Crippen LogP contribution in [0.3, 0.4) is 0 Å². The third-order valence-corrected chi connectivity index (χ3v) is 6.34. The predicted molar refractivity (Wildman–Crippen MR) is 138 cm³/mol. The molecule has 1 amide bonds. The monoisotopic (exact) mass is 449 g/mol. The minimum atomic E-state index is 0.0306. The molecule has 1 heterocycles. The number of rotatable bonds is 12. The van der Waals surface area contributed by atoms with Crippen LogP contribution in [0.15, 0.2) is 55.1 Å². The Bertz CT molecular complexity index is 875. The van der Waals surface area contributed by atoms with Crippen molar-refractivity contribution in [2.75, 3.05) is 57.8 Å². The summed E-state index contributed by atoms with van der Waals surface area (Å²) in [5, 5.41) is 0. The van der Waals surface area contributed by atoms with Crippen molar-refractivity contribution in [3.05, 3.63) is 66.2 Å². The number of likely N-dealkylation sites (tertiary alicyclic amines) is 1. The second-order valence-electron chi connectivity index (χ2n) is 8.73. The molecule has 1 fully saturated rings. The lowest BCUT2D eigenvalue weighted by molar-refractivity contribution is 0.0798. The second-order valence-corrected chi connectivity index (χ2v) is 8.73. The van der Waals surface area contributed by atoms with Crippen molar-refractivity contribution < 1.29 is 9.53 Å². The molecule has 5 heteroatoms. The van der Waals surface area contributed by atoms with E-state index in [0.29, 0.717) is 12.1 Å². The van der Waals surface area contributed by atoms with Crippen LogP contribution in [0, 0.1) is 0 Å². The molecule has 0 N–H and O–H groups in total. The summed E-state index contributed by atoms with van der Waals surface area (Å²) in [5.74, 6) is 0.950. The van der Waals surface area contributed by atoms with Gasteiger partial charge in [0.05, 0.1) is 6.61 Å². The lowest BCUT2D eigenvalue weighted by atomic mass is 10.1. The minimum Gasteiger partial charge on any atom is -0.494 e. The van der Waals surface area contributed by atoms with Gasteiger partial charge in [-0.2, -0.15) is 0 Å². The smallest absolute Gasteiger partial charge is 0.253 e. The molecule has 0 aliphatic carbocycles. The number of hydrogen-bond acceptors (Lipinski definition) is 4. The quantitative estimate of drug-likeness (QED) is 0.418. The van der Waals surface area contributed by atoms with Crippen molar-refractivity contribution in [1.29, 1.82) is 0 Å². The van der Waals surface area contributed by atoms with Crippen molar-refractivity contribution >= 4 is 17.7 Å². The Hall–Kier alpha value is -2.79. The standard InChI is InChI=1S/C28H39N3O2/c1-4-24-11-9-12-25(23-24)28(32)29(3)20-21-31(5-2)26-13-15-27(16-14-26)33-22-10-19-30-17-7-6-8-18-30/h4,9,11-16,23H,1,5-8,10,17-22H2,2-3H3. The van der Waals surface area contributed by atoms with Crippen molar-refractivity contribution in [1.82, 2.24) is 9.80 Å². The summed E-state index contributed by atoms with van der Waals surface area (Å²) in [6.45, 7) is 12.6. The largest absolute Gasteiger partial charge is 0.494 e. The number of nitrogens with zero attached hydrogens (tertiary/aromatic N) is 3.